The number of rotatable bonds is 0. The molecule has 1 aliphatic heterocycles. The first-order valence-electron chi connectivity index (χ1n) is 4.22. The van der Waals surface area contributed by atoms with E-state index in [4.69, 9.17) is 4.74 Å². The molecular formula is C10H11NOS. The molecule has 0 aromatic heterocycles. The summed E-state index contributed by atoms with van der Waals surface area (Å²) in [5.41, 5.74) is 1.12. The van der Waals surface area contributed by atoms with Gasteiger partial charge in [-0.05, 0) is 12.1 Å². The van der Waals surface area contributed by atoms with Crippen LogP contribution >= 0.6 is 11.8 Å². The van der Waals surface area contributed by atoms with Crippen molar-refractivity contribution in [3.05, 3.63) is 29.8 Å². The summed E-state index contributed by atoms with van der Waals surface area (Å²) in [7, 11) is 1.67. The second-order valence-corrected chi connectivity index (χ2v) is 3.87. The summed E-state index contributed by atoms with van der Waals surface area (Å²) in [6, 6.07) is 8.22. The van der Waals surface area contributed by atoms with E-state index in [1.54, 1.807) is 7.11 Å². The molecule has 1 aromatic rings. The zero-order valence-corrected chi connectivity index (χ0v) is 8.30. The van der Waals surface area contributed by atoms with Gasteiger partial charge in [-0.15, -0.1) is 11.8 Å². The van der Waals surface area contributed by atoms with Crippen molar-refractivity contribution in [1.82, 2.24) is 0 Å². The molecule has 0 spiro atoms. The average molecular weight is 193 g/mol. The van der Waals surface area contributed by atoms with Crippen LogP contribution in [0.1, 0.15) is 5.56 Å². The van der Waals surface area contributed by atoms with E-state index in [1.807, 2.05) is 23.9 Å². The van der Waals surface area contributed by atoms with Gasteiger partial charge in [0.1, 0.15) is 0 Å². The maximum atomic E-state index is 5.23. The van der Waals surface area contributed by atoms with E-state index in [1.165, 1.54) is 4.90 Å². The molecule has 0 saturated heterocycles. The first kappa shape index (κ1) is 8.63. The second kappa shape index (κ2) is 3.83. The smallest absolute Gasteiger partial charge is 0.216 e. The average Bonchev–Trinajstić information content (AvgIpc) is 2.39. The highest BCUT2D eigenvalue weighted by Crippen LogP contribution is 2.25. The van der Waals surface area contributed by atoms with Crippen molar-refractivity contribution in [2.45, 2.75) is 4.90 Å². The zero-order chi connectivity index (χ0) is 9.10. The topological polar surface area (TPSA) is 21.6 Å². The number of aliphatic imine (C=N–C) groups is 1. The Labute approximate surface area is 82.0 Å². The fourth-order valence-corrected chi connectivity index (χ4v) is 2.22. The third-order valence-corrected chi connectivity index (χ3v) is 2.97. The van der Waals surface area contributed by atoms with Crippen LogP contribution in [0.2, 0.25) is 0 Å². The lowest BCUT2D eigenvalue weighted by Crippen LogP contribution is -2.04. The van der Waals surface area contributed by atoms with E-state index in [0.717, 1.165) is 23.8 Å². The minimum Gasteiger partial charge on any atom is -0.481 e. The number of fused-ring (bicyclic) bond motifs is 1. The van der Waals surface area contributed by atoms with Crippen LogP contribution in [0, 0.1) is 0 Å². The van der Waals surface area contributed by atoms with Crippen molar-refractivity contribution in [2.75, 3.05) is 19.4 Å². The fourth-order valence-electron chi connectivity index (χ4n) is 1.33. The van der Waals surface area contributed by atoms with Gasteiger partial charge < -0.3 is 4.74 Å². The fraction of sp³-hybridized carbons (Fsp3) is 0.300. The van der Waals surface area contributed by atoms with Gasteiger partial charge in [0, 0.05) is 16.2 Å². The summed E-state index contributed by atoms with van der Waals surface area (Å²) in [4.78, 5) is 5.62. The predicted octanol–water partition coefficient (Wildman–Crippen LogP) is 2.19. The second-order valence-electron chi connectivity index (χ2n) is 2.74. The molecule has 0 N–H and O–H groups in total. The van der Waals surface area contributed by atoms with E-state index in [0.29, 0.717) is 0 Å². The Hall–Kier alpha value is -0.960. The quantitative estimate of drug-likeness (QED) is 0.630. The summed E-state index contributed by atoms with van der Waals surface area (Å²) < 4.78 is 5.23. The van der Waals surface area contributed by atoms with E-state index >= 15 is 0 Å². The molecule has 0 bridgehead atoms. The van der Waals surface area contributed by atoms with Gasteiger partial charge in [-0.2, -0.15) is 0 Å². The lowest BCUT2D eigenvalue weighted by Gasteiger charge is -2.05. The summed E-state index contributed by atoms with van der Waals surface area (Å²) in [5.74, 6) is 1.80. The van der Waals surface area contributed by atoms with Gasteiger partial charge in [-0.3, -0.25) is 4.99 Å². The minimum atomic E-state index is 0.764. The maximum absolute atomic E-state index is 5.23. The Morgan fingerprint density at radius 3 is 3.08 bits per heavy atom. The molecule has 0 amide bonds. The van der Waals surface area contributed by atoms with Gasteiger partial charge >= 0.3 is 0 Å². The highest BCUT2D eigenvalue weighted by Gasteiger charge is 2.12. The third kappa shape index (κ3) is 1.70. The summed E-state index contributed by atoms with van der Waals surface area (Å²) in [5, 5.41) is 0. The molecule has 3 heteroatoms. The first-order chi connectivity index (χ1) is 6.42. The van der Waals surface area contributed by atoms with Crippen LogP contribution in [0.25, 0.3) is 0 Å². The number of benzene rings is 1. The van der Waals surface area contributed by atoms with Gasteiger partial charge in [0.05, 0.1) is 13.7 Å². The predicted molar refractivity (Wildman–Crippen MR) is 55.6 cm³/mol. The largest absolute Gasteiger partial charge is 0.481 e. The number of ether oxygens (including phenoxy) is 1. The van der Waals surface area contributed by atoms with Crippen LogP contribution < -0.4 is 0 Å². The van der Waals surface area contributed by atoms with Crippen LogP contribution in [0.3, 0.4) is 0 Å². The molecule has 0 atom stereocenters. The molecule has 2 rings (SSSR count). The lowest BCUT2D eigenvalue weighted by atomic mass is 10.2. The molecule has 1 aromatic carbocycles. The molecule has 0 fully saturated rings. The number of hydrogen-bond acceptors (Lipinski definition) is 3. The lowest BCUT2D eigenvalue weighted by molar-refractivity contribution is 0.402. The van der Waals surface area contributed by atoms with Crippen molar-refractivity contribution >= 4 is 17.7 Å². The van der Waals surface area contributed by atoms with Crippen molar-refractivity contribution in [3.63, 3.8) is 0 Å². The van der Waals surface area contributed by atoms with Crippen molar-refractivity contribution in [2.24, 2.45) is 4.99 Å². The van der Waals surface area contributed by atoms with Crippen LogP contribution in [-0.4, -0.2) is 25.3 Å². The van der Waals surface area contributed by atoms with E-state index in [-0.39, 0.29) is 0 Å². The Kier molecular flexibility index (Phi) is 2.54. The number of hydrogen-bond donors (Lipinski definition) is 0. The standard InChI is InChI=1S/C10H11NOS/c1-12-10-8-4-2-3-5-9(8)13-7-6-11-10/h2-5H,6-7H2,1H3. The molecule has 0 unspecified atom stereocenters. The van der Waals surface area contributed by atoms with Crippen molar-refractivity contribution in [3.8, 4) is 0 Å². The zero-order valence-electron chi connectivity index (χ0n) is 7.49. The Balaban J connectivity index is 2.47. The van der Waals surface area contributed by atoms with Crippen LogP contribution in [0.5, 0.6) is 0 Å². The normalized spacial score (nSPS) is 15.6. The minimum absolute atomic E-state index is 0.764. The van der Waals surface area contributed by atoms with Crippen molar-refractivity contribution < 1.29 is 4.74 Å². The van der Waals surface area contributed by atoms with Gasteiger partial charge in [-0.1, -0.05) is 12.1 Å². The Bertz CT molecular complexity index is 335. The molecule has 13 heavy (non-hydrogen) atoms. The molecule has 0 saturated carbocycles. The first-order valence-corrected chi connectivity index (χ1v) is 5.21. The Morgan fingerprint density at radius 2 is 2.23 bits per heavy atom. The van der Waals surface area contributed by atoms with E-state index in [9.17, 15) is 0 Å². The van der Waals surface area contributed by atoms with Gasteiger partial charge in [0.15, 0.2) is 0 Å². The number of methoxy groups -OCH3 is 1. The number of thioether (sulfide) groups is 1. The summed E-state index contributed by atoms with van der Waals surface area (Å²) in [6.45, 7) is 0.836. The van der Waals surface area contributed by atoms with Crippen molar-refractivity contribution in [1.29, 1.82) is 0 Å². The van der Waals surface area contributed by atoms with Crippen LogP contribution in [-0.2, 0) is 4.74 Å². The monoisotopic (exact) mass is 193 g/mol. The molecular weight excluding hydrogens is 182 g/mol. The van der Waals surface area contributed by atoms with E-state index in [2.05, 4.69) is 17.1 Å². The molecule has 2 nitrogen and oxygen atoms in total. The van der Waals surface area contributed by atoms with Crippen LogP contribution in [0.4, 0.5) is 0 Å². The third-order valence-electron chi connectivity index (χ3n) is 1.92. The van der Waals surface area contributed by atoms with Crippen LogP contribution in [0.15, 0.2) is 34.2 Å². The number of nitrogens with zero attached hydrogens (tertiary/aromatic N) is 1. The molecule has 1 aliphatic rings. The molecule has 68 valence electrons. The highest BCUT2D eigenvalue weighted by molar-refractivity contribution is 7.99. The van der Waals surface area contributed by atoms with Gasteiger partial charge in [0.2, 0.25) is 5.90 Å². The molecule has 1 heterocycles. The summed E-state index contributed by atoms with van der Waals surface area (Å²) >= 11 is 1.83. The SMILES string of the molecule is COC1=NCCSc2ccccc21. The van der Waals surface area contributed by atoms with Gasteiger partial charge in [-0.25, -0.2) is 0 Å². The Morgan fingerprint density at radius 1 is 1.38 bits per heavy atom. The van der Waals surface area contributed by atoms with E-state index < -0.39 is 0 Å². The highest BCUT2D eigenvalue weighted by atomic mass is 32.2. The van der Waals surface area contributed by atoms with Gasteiger partial charge in [0.25, 0.3) is 0 Å². The molecule has 0 aliphatic carbocycles. The summed E-state index contributed by atoms with van der Waals surface area (Å²) in [6.07, 6.45) is 0. The maximum Gasteiger partial charge on any atom is 0.216 e. The molecule has 0 radical (unpaired) electrons.